The third kappa shape index (κ3) is 2.20. The Hall–Kier alpha value is -1.05. The van der Waals surface area contributed by atoms with E-state index in [9.17, 15) is 0 Å². The zero-order valence-corrected chi connectivity index (χ0v) is 9.18. The SMILES string of the molecule is CC(C)=CCc1c(C)nn(C)c1C. The standard InChI is InChI=1S/C11H18N2/c1-8(2)6-7-11-9(3)12-13(5)10(11)4/h6H,7H2,1-5H3. The lowest BCUT2D eigenvalue weighted by atomic mass is 10.1. The van der Waals surface area contributed by atoms with Crippen molar-refractivity contribution in [3.8, 4) is 0 Å². The molecule has 13 heavy (non-hydrogen) atoms. The zero-order valence-electron chi connectivity index (χ0n) is 9.18. The zero-order chi connectivity index (χ0) is 10.0. The second-order valence-electron chi connectivity index (χ2n) is 3.76. The average Bonchev–Trinajstić information content (AvgIpc) is 2.24. The smallest absolute Gasteiger partial charge is 0.0631 e. The molecule has 0 amide bonds. The Morgan fingerprint density at radius 2 is 2.00 bits per heavy atom. The summed E-state index contributed by atoms with van der Waals surface area (Å²) >= 11 is 0. The highest BCUT2D eigenvalue weighted by Crippen LogP contribution is 2.13. The van der Waals surface area contributed by atoms with Crippen LogP contribution in [0.5, 0.6) is 0 Å². The first-order valence-electron chi connectivity index (χ1n) is 4.64. The van der Waals surface area contributed by atoms with Crippen molar-refractivity contribution >= 4 is 0 Å². The second kappa shape index (κ2) is 3.77. The maximum Gasteiger partial charge on any atom is 0.0631 e. The van der Waals surface area contributed by atoms with E-state index in [4.69, 9.17) is 0 Å². The topological polar surface area (TPSA) is 17.8 Å². The van der Waals surface area contributed by atoms with E-state index < -0.39 is 0 Å². The minimum Gasteiger partial charge on any atom is -0.272 e. The van der Waals surface area contributed by atoms with Crippen molar-refractivity contribution in [2.45, 2.75) is 34.1 Å². The fourth-order valence-corrected chi connectivity index (χ4v) is 1.42. The molecule has 2 nitrogen and oxygen atoms in total. The highest BCUT2D eigenvalue weighted by Gasteiger charge is 2.06. The molecule has 0 bridgehead atoms. The second-order valence-corrected chi connectivity index (χ2v) is 3.76. The molecule has 72 valence electrons. The van der Waals surface area contributed by atoms with Crippen molar-refractivity contribution in [3.63, 3.8) is 0 Å². The summed E-state index contributed by atoms with van der Waals surface area (Å²) < 4.78 is 1.95. The largest absolute Gasteiger partial charge is 0.272 e. The Labute approximate surface area is 80.3 Å². The predicted molar refractivity (Wildman–Crippen MR) is 55.8 cm³/mol. The maximum atomic E-state index is 4.38. The van der Waals surface area contributed by atoms with Crippen LogP contribution in [0, 0.1) is 13.8 Å². The molecule has 1 rings (SSSR count). The van der Waals surface area contributed by atoms with Gasteiger partial charge in [0, 0.05) is 12.7 Å². The van der Waals surface area contributed by atoms with Crippen LogP contribution in [0.3, 0.4) is 0 Å². The summed E-state index contributed by atoms with van der Waals surface area (Å²) in [6.45, 7) is 8.44. The van der Waals surface area contributed by atoms with Crippen molar-refractivity contribution in [1.82, 2.24) is 9.78 Å². The van der Waals surface area contributed by atoms with E-state index in [1.54, 1.807) is 0 Å². The van der Waals surface area contributed by atoms with Crippen molar-refractivity contribution in [2.24, 2.45) is 7.05 Å². The minimum absolute atomic E-state index is 1.01. The molecule has 0 aliphatic rings. The summed E-state index contributed by atoms with van der Waals surface area (Å²) in [5.74, 6) is 0. The highest BCUT2D eigenvalue weighted by molar-refractivity contribution is 5.27. The molecule has 0 fully saturated rings. The molecule has 0 aliphatic carbocycles. The first-order chi connectivity index (χ1) is 6.02. The molecule has 1 aromatic heterocycles. The van der Waals surface area contributed by atoms with Gasteiger partial charge in [0.15, 0.2) is 0 Å². The predicted octanol–water partition coefficient (Wildman–Crippen LogP) is 2.55. The van der Waals surface area contributed by atoms with Crippen molar-refractivity contribution in [3.05, 3.63) is 28.6 Å². The molecule has 0 atom stereocenters. The van der Waals surface area contributed by atoms with Gasteiger partial charge in [0.2, 0.25) is 0 Å². The van der Waals surface area contributed by atoms with Crippen LogP contribution in [0.15, 0.2) is 11.6 Å². The molecule has 0 N–H and O–H groups in total. The highest BCUT2D eigenvalue weighted by atomic mass is 15.3. The molecular formula is C11H18N2. The fraction of sp³-hybridized carbons (Fsp3) is 0.545. The molecule has 0 aliphatic heterocycles. The molecule has 0 radical (unpaired) electrons. The monoisotopic (exact) mass is 178 g/mol. The first-order valence-corrected chi connectivity index (χ1v) is 4.64. The van der Waals surface area contributed by atoms with Gasteiger partial charge in [-0.15, -0.1) is 0 Å². The van der Waals surface area contributed by atoms with Crippen LogP contribution in [0.1, 0.15) is 30.8 Å². The van der Waals surface area contributed by atoms with Gasteiger partial charge in [-0.3, -0.25) is 4.68 Å². The summed E-state index contributed by atoms with van der Waals surface area (Å²) in [7, 11) is 1.99. The lowest BCUT2D eigenvalue weighted by Gasteiger charge is -1.97. The van der Waals surface area contributed by atoms with Gasteiger partial charge >= 0.3 is 0 Å². The Balaban J connectivity index is 2.94. The Kier molecular flexibility index (Phi) is 2.91. The third-order valence-corrected chi connectivity index (χ3v) is 2.37. The summed E-state index contributed by atoms with van der Waals surface area (Å²) in [4.78, 5) is 0. The van der Waals surface area contributed by atoms with Gasteiger partial charge in [0.05, 0.1) is 5.69 Å². The Bertz CT molecular complexity index is 328. The van der Waals surface area contributed by atoms with Gasteiger partial charge in [-0.1, -0.05) is 11.6 Å². The van der Waals surface area contributed by atoms with Crippen molar-refractivity contribution in [2.75, 3.05) is 0 Å². The summed E-state index contributed by atoms with van der Waals surface area (Å²) in [6, 6.07) is 0. The first kappa shape index (κ1) is 10.0. The normalized spacial score (nSPS) is 10.2. The Morgan fingerprint density at radius 3 is 2.38 bits per heavy atom. The molecule has 0 saturated carbocycles. The number of hydrogen-bond donors (Lipinski definition) is 0. The van der Waals surface area contributed by atoms with E-state index in [2.05, 4.69) is 38.9 Å². The van der Waals surface area contributed by atoms with Crippen molar-refractivity contribution in [1.29, 1.82) is 0 Å². The average molecular weight is 178 g/mol. The number of allylic oxidation sites excluding steroid dienone is 2. The molecule has 0 spiro atoms. The van der Waals surface area contributed by atoms with Crippen LogP contribution in [0.25, 0.3) is 0 Å². The number of nitrogens with zero attached hydrogens (tertiary/aromatic N) is 2. The van der Waals surface area contributed by atoms with E-state index >= 15 is 0 Å². The number of hydrogen-bond acceptors (Lipinski definition) is 1. The van der Waals surface area contributed by atoms with Crippen molar-refractivity contribution < 1.29 is 0 Å². The Morgan fingerprint density at radius 1 is 1.38 bits per heavy atom. The maximum absolute atomic E-state index is 4.38. The van der Waals surface area contributed by atoms with Gasteiger partial charge in [-0.05, 0) is 39.7 Å². The van der Waals surface area contributed by atoms with E-state index in [0.717, 1.165) is 12.1 Å². The number of aryl methyl sites for hydroxylation is 2. The summed E-state index contributed by atoms with van der Waals surface area (Å²) in [5.41, 5.74) is 5.15. The van der Waals surface area contributed by atoms with E-state index in [0.29, 0.717) is 0 Å². The fourth-order valence-electron chi connectivity index (χ4n) is 1.42. The van der Waals surface area contributed by atoms with Gasteiger partial charge < -0.3 is 0 Å². The van der Waals surface area contributed by atoms with Gasteiger partial charge in [0.25, 0.3) is 0 Å². The molecule has 0 saturated heterocycles. The quantitative estimate of drug-likeness (QED) is 0.636. The lowest BCUT2D eigenvalue weighted by Crippen LogP contribution is -1.93. The molecule has 1 aromatic rings. The van der Waals surface area contributed by atoms with E-state index in [1.165, 1.54) is 16.8 Å². The van der Waals surface area contributed by atoms with Crippen LogP contribution in [-0.4, -0.2) is 9.78 Å². The van der Waals surface area contributed by atoms with Crippen LogP contribution in [-0.2, 0) is 13.5 Å². The molecule has 0 unspecified atom stereocenters. The number of rotatable bonds is 2. The van der Waals surface area contributed by atoms with Crippen LogP contribution < -0.4 is 0 Å². The van der Waals surface area contributed by atoms with Crippen LogP contribution in [0.4, 0.5) is 0 Å². The number of aromatic nitrogens is 2. The van der Waals surface area contributed by atoms with Gasteiger partial charge in [0.1, 0.15) is 0 Å². The molecule has 1 heterocycles. The molecule has 2 heteroatoms. The van der Waals surface area contributed by atoms with Gasteiger partial charge in [-0.25, -0.2) is 0 Å². The van der Waals surface area contributed by atoms with Crippen LogP contribution >= 0.6 is 0 Å². The lowest BCUT2D eigenvalue weighted by molar-refractivity contribution is 0.730. The van der Waals surface area contributed by atoms with Gasteiger partial charge in [-0.2, -0.15) is 5.10 Å². The third-order valence-electron chi connectivity index (χ3n) is 2.37. The van der Waals surface area contributed by atoms with E-state index in [1.807, 2.05) is 11.7 Å². The molecule has 0 aromatic carbocycles. The summed E-state index contributed by atoms with van der Waals surface area (Å²) in [6.07, 6.45) is 3.25. The molecular weight excluding hydrogens is 160 g/mol. The summed E-state index contributed by atoms with van der Waals surface area (Å²) in [5, 5.41) is 4.38. The minimum atomic E-state index is 1.01. The van der Waals surface area contributed by atoms with E-state index in [-0.39, 0.29) is 0 Å². The van der Waals surface area contributed by atoms with Crippen LogP contribution in [0.2, 0.25) is 0 Å².